The highest BCUT2D eigenvalue weighted by Gasteiger charge is 2.20. The van der Waals surface area contributed by atoms with E-state index in [-0.39, 0.29) is 22.1 Å². The first-order chi connectivity index (χ1) is 10.4. The summed E-state index contributed by atoms with van der Waals surface area (Å²) in [6.45, 7) is 1.95. The monoisotopic (exact) mass is 338 g/mol. The predicted octanol–water partition coefficient (Wildman–Crippen LogP) is 4.23. The lowest BCUT2D eigenvalue weighted by Crippen LogP contribution is -2.29. The van der Waals surface area contributed by atoms with Gasteiger partial charge in [-0.05, 0) is 30.7 Å². The number of methoxy groups -OCH3 is 1. The van der Waals surface area contributed by atoms with Crippen LogP contribution in [-0.4, -0.2) is 29.9 Å². The van der Waals surface area contributed by atoms with Crippen LogP contribution in [0.2, 0.25) is 10.2 Å². The van der Waals surface area contributed by atoms with Gasteiger partial charge in [0.2, 0.25) is 0 Å². The van der Waals surface area contributed by atoms with Crippen LogP contribution in [0.1, 0.15) is 28.9 Å². The Balaban J connectivity index is 2.19. The topological polar surface area (TPSA) is 42.4 Å². The summed E-state index contributed by atoms with van der Waals surface area (Å²) in [4.78, 5) is 18.0. The van der Waals surface area contributed by atoms with Gasteiger partial charge in [0.05, 0.1) is 23.7 Å². The molecule has 1 atom stereocenters. The molecule has 0 radical (unpaired) electrons. The molecule has 0 fully saturated rings. The standard InChI is InChI=1S/C16H16Cl2N2O2/c1-10(11-4-6-13(22-3)7-5-11)20(2)16(21)12-8-14(17)15(18)19-9-12/h4-10H,1-3H3. The van der Waals surface area contributed by atoms with Crippen LogP contribution in [0.25, 0.3) is 0 Å². The molecule has 2 aromatic rings. The molecule has 0 aliphatic heterocycles. The van der Waals surface area contributed by atoms with E-state index in [0.29, 0.717) is 5.56 Å². The van der Waals surface area contributed by atoms with Crippen LogP contribution in [0.4, 0.5) is 0 Å². The number of aromatic nitrogens is 1. The third-order valence-electron chi connectivity index (χ3n) is 3.54. The summed E-state index contributed by atoms with van der Waals surface area (Å²) in [7, 11) is 3.35. The fourth-order valence-corrected chi connectivity index (χ4v) is 2.29. The summed E-state index contributed by atoms with van der Waals surface area (Å²) in [6, 6.07) is 9.01. The van der Waals surface area contributed by atoms with Crippen LogP contribution in [0.15, 0.2) is 36.5 Å². The van der Waals surface area contributed by atoms with E-state index in [9.17, 15) is 4.79 Å². The number of nitrogens with zero attached hydrogens (tertiary/aromatic N) is 2. The second-order valence-corrected chi connectivity index (χ2v) is 5.63. The van der Waals surface area contributed by atoms with Gasteiger partial charge in [-0.15, -0.1) is 0 Å². The molecule has 0 bridgehead atoms. The van der Waals surface area contributed by atoms with Crippen molar-refractivity contribution in [3.05, 3.63) is 57.8 Å². The number of rotatable bonds is 4. The first kappa shape index (κ1) is 16.6. The maximum absolute atomic E-state index is 12.5. The first-order valence-corrected chi connectivity index (χ1v) is 7.41. The van der Waals surface area contributed by atoms with Crippen molar-refractivity contribution in [2.45, 2.75) is 13.0 Å². The molecule has 0 aliphatic carbocycles. The Hall–Kier alpha value is -1.78. The van der Waals surface area contributed by atoms with E-state index in [2.05, 4.69) is 4.98 Å². The number of hydrogen-bond donors (Lipinski definition) is 0. The molecule has 2 rings (SSSR count). The molecule has 1 aromatic carbocycles. The van der Waals surface area contributed by atoms with E-state index in [0.717, 1.165) is 11.3 Å². The average molecular weight is 339 g/mol. The fraction of sp³-hybridized carbons (Fsp3) is 0.250. The number of ether oxygens (including phenoxy) is 1. The van der Waals surface area contributed by atoms with Gasteiger partial charge in [0, 0.05) is 13.2 Å². The van der Waals surface area contributed by atoms with Crippen molar-refractivity contribution in [2.24, 2.45) is 0 Å². The minimum atomic E-state index is -0.172. The molecule has 22 heavy (non-hydrogen) atoms. The highest BCUT2D eigenvalue weighted by atomic mass is 35.5. The van der Waals surface area contributed by atoms with Crippen molar-refractivity contribution in [1.82, 2.24) is 9.88 Å². The summed E-state index contributed by atoms with van der Waals surface area (Å²) >= 11 is 11.7. The highest BCUT2D eigenvalue weighted by Crippen LogP contribution is 2.25. The number of carbonyl (C=O) groups excluding carboxylic acids is 1. The van der Waals surface area contributed by atoms with Crippen molar-refractivity contribution in [1.29, 1.82) is 0 Å². The predicted molar refractivity (Wildman–Crippen MR) is 87.8 cm³/mol. The number of carbonyl (C=O) groups is 1. The van der Waals surface area contributed by atoms with Gasteiger partial charge in [0.15, 0.2) is 0 Å². The molecule has 116 valence electrons. The Morgan fingerprint density at radius 1 is 1.27 bits per heavy atom. The lowest BCUT2D eigenvalue weighted by molar-refractivity contribution is 0.0742. The van der Waals surface area contributed by atoms with Gasteiger partial charge >= 0.3 is 0 Å². The summed E-state index contributed by atoms with van der Waals surface area (Å²) in [5.74, 6) is 0.605. The Labute approximate surface area is 139 Å². The quantitative estimate of drug-likeness (QED) is 0.783. The maximum Gasteiger partial charge on any atom is 0.255 e. The van der Waals surface area contributed by atoms with Gasteiger partial charge in [-0.25, -0.2) is 4.98 Å². The Kier molecular flexibility index (Phi) is 5.27. The van der Waals surface area contributed by atoms with E-state index >= 15 is 0 Å². The Morgan fingerprint density at radius 3 is 2.45 bits per heavy atom. The number of benzene rings is 1. The minimum absolute atomic E-state index is 0.104. The smallest absolute Gasteiger partial charge is 0.255 e. The molecular weight excluding hydrogens is 323 g/mol. The van der Waals surface area contributed by atoms with Gasteiger partial charge in [-0.1, -0.05) is 35.3 Å². The second-order valence-electron chi connectivity index (χ2n) is 4.86. The van der Waals surface area contributed by atoms with Gasteiger partial charge < -0.3 is 9.64 Å². The molecular formula is C16H16Cl2N2O2. The lowest BCUT2D eigenvalue weighted by atomic mass is 10.1. The zero-order valence-electron chi connectivity index (χ0n) is 12.5. The molecule has 0 N–H and O–H groups in total. The normalized spacial score (nSPS) is 11.9. The van der Waals surface area contributed by atoms with Crippen molar-refractivity contribution >= 4 is 29.1 Å². The van der Waals surface area contributed by atoms with E-state index in [1.807, 2.05) is 31.2 Å². The van der Waals surface area contributed by atoms with Crippen LogP contribution < -0.4 is 4.74 Å². The summed E-state index contributed by atoms with van der Waals surface area (Å²) < 4.78 is 5.13. The highest BCUT2D eigenvalue weighted by molar-refractivity contribution is 6.41. The molecule has 1 aromatic heterocycles. The van der Waals surface area contributed by atoms with E-state index in [1.165, 1.54) is 12.3 Å². The van der Waals surface area contributed by atoms with E-state index in [1.54, 1.807) is 19.1 Å². The van der Waals surface area contributed by atoms with E-state index in [4.69, 9.17) is 27.9 Å². The molecule has 4 nitrogen and oxygen atoms in total. The lowest BCUT2D eigenvalue weighted by Gasteiger charge is -2.25. The molecule has 1 amide bonds. The minimum Gasteiger partial charge on any atom is -0.497 e. The molecule has 0 aliphatic rings. The number of hydrogen-bond acceptors (Lipinski definition) is 3. The van der Waals surface area contributed by atoms with Crippen LogP contribution >= 0.6 is 23.2 Å². The van der Waals surface area contributed by atoms with Crippen molar-refractivity contribution < 1.29 is 9.53 Å². The van der Waals surface area contributed by atoms with Crippen LogP contribution in [-0.2, 0) is 0 Å². The zero-order valence-corrected chi connectivity index (χ0v) is 14.0. The fourth-order valence-electron chi connectivity index (χ4n) is 2.02. The van der Waals surface area contributed by atoms with Gasteiger partial charge in [-0.2, -0.15) is 0 Å². The third kappa shape index (κ3) is 3.51. The first-order valence-electron chi connectivity index (χ1n) is 6.66. The summed E-state index contributed by atoms with van der Waals surface area (Å²) in [5.41, 5.74) is 1.40. The van der Waals surface area contributed by atoms with Gasteiger partial charge in [-0.3, -0.25) is 4.79 Å². The summed E-state index contributed by atoms with van der Waals surface area (Å²) in [5, 5.41) is 0.446. The molecule has 6 heteroatoms. The van der Waals surface area contributed by atoms with Crippen molar-refractivity contribution in [3.8, 4) is 5.75 Å². The second kappa shape index (κ2) is 6.99. The van der Waals surface area contributed by atoms with Crippen molar-refractivity contribution in [3.63, 3.8) is 0 Å². The molecule has 0 spiro atoms. The number of halogens is 2. The Morgan fingerprint density at radius 2 is 1.91 bits per heavy atom. The summed E-state index contributed by atoms with van der Waals surface area (Å²) in [6.07, 6.45) is 1.42. The van der Waals surface area contributed by atoms with Crippen LogP contribution in [0, 0.1) is 0 Å². The SMILES string of the molecule is COc1ccc(C(C)N(C)C(=O)c2cnc(Cl)c(Cl)c2)cc1. The van der Waals surface area contributed by atoms with Crippen LogP contribution in [0.3, 0.4) is 0 Å². The number of pyridine rings is 1. The van der Waals surface area contributed by atoms with Gasteiger partial charge in [0.25, 0.3) is 5.91 Å². The van der Waals surface area contributed by atoms with E-state index < -0.39 is 0 Å². The van der Waals surface area contributed by atoms with Crippen molar-refractivity contribution in [2.75, 3.05) is 14.2 Å². The molecule has 1 unspecified atom stereocenters. The average Bonchev–Trinajstić information content (AvgIpc) is 2.55. The maximum atomic E-state index is 12.5. The van der Waals surface area contributed by atoms with Crippen LogP contribution in [0.5, 0.6) is 5.75 Å². The molecule has 1 heterocycles. The Bertz CT molecular complexity index is 674. The molecule has 0 saturated heterocycles. The van der Waals surface area contributed by atoms with Gasteiger partial charge in [0.1, 0.15) is 10.9 Å². The number of amides is 1. The molecule has 0 saturated carbocycles. The largest absolute Gasteiger partial charge is 0.497 e. The third-order valence-corrected chi connectivity index (χ3v) is 4.23. The zero-order chi connectivity index (χ0) is 16.3.